The van der Waals surface area contributed by atoms with E-state index in [2.05, 4.69) is 5.10 Å². The van der Waals surface area contributed by atoms with Crippen LogP contribution in [0.25, 0.3) is 16.9 Å². The molecule has 0 bridgehead atoms. The Kier molecular flexibility index (Phi) is 6.86. The molecule has 1 atom stereocenters. The first-order valence-electron chi connectivity index (χ1n) is 9.28. The summed E-state index contributed by atoms with van der Waals surface area (Å²) in [6.07, 6.45) is -7.75. The predicted octanol–water partition coefficient (Wildman–Crippen LogP) is 3.63. The van der Waals surface area contributed by atoms with Gasteiger partial charge in [-0.2, -0.15) is 23.0 Å². The van der Waals surface area contributed by atoms with Crippen LogP contribution in [0.2, 0.25) is 0 Å². The lowest BCUT2D eigenvalue weighted by atomic mass is 10.1. The van der Waals surface area contributed by atoms with Crippen LogP contribution in [0.1, 0.15) is 22.3 Å². The maximum absolute atomic E-state index is 13.7. The molecule has 3 rings (SSSR count). The molecule has 1 amide bonds. The highest BCUT2D eigenvalue weighted by Gasteiger charge is 2.40. The van der Waals surface area contributed by atoms with Crippen LogP contribution in [0.3, 0.4) is 0 Å². The normalized spacial score (nSPS) is 12.6. The Morgan fingerprint density at radius 3 is 2.30 bits per heavy atom. The van der Waals surface area contributed by atoms with Crippen molar-refractivity contribution in [3.05, 3.63) is 81.9 Å². The van der Waals surface area contributed by atoms with E-state index in [4.69, 9.17) is 5.11 Å². The zero-order valence-corrected chi connectivity index (χ0v) is 16.5. The number of benzene rings is 2. The number of carbonyl (C=O) groups is 1. The summed E-state index contributed by atoms with van der Waals surface area (Å²) in [7, 11) is 0. The number of alkyl halides is 5. The van der Waals surface area contributed by atoms with E-state index >= 15 is 0 Å². The van der Waals surface area contributed by atoms with Crippen molar-refractivity contribution in [1.29, 1.82) is 0 Å². The van der Waals surface area contributed by atoms with Gasteiger partial charge in [0, 0.05) is 11.1 Å². The van der Waals surface area contributed by atoms with Gasteiger partial charge in [0.05, 0.1) is 18.0 Å². The van der Waals surface area contributed by atoms with Crippen molar-refractivity contribution in [3.63, 3.8) is 0 Å². The Hall–Kier alpha value is -3.67. The maximum Gasteiger partial charge on any atom is 0.410 e. The number of hydrogen-bond acceptors (Lipinski definition) is 4. The van der Waals surface area contributed by atoms with E-state index in [1.807, 2.05) is 0 Å². The number of hydrogen-bond donors (Lipinski definition) is 2. The number of aliphatic hydroxyl groups is 1. The highest BCUT2D eigenvalue weighted by atomic mass is 19.4. The number of aromatic nitrogens is 2. The van der Waals surface area contributed by atoms with Gasteiger partial charge in [0.1, 0.15) is 17.4 Å². The van der Waals surface area contributed by atoms with Crippen molar-refractivity contribution in [2.75, 3.05) is 6.61 Å². The summed E-state index contributed by atoms with van der Waals surface area (Å²) < 4.78 is 78.8. The SMILES string of the molecule is O=C(NC(CO)C(F)(F)F)c1cc(-c2ccc(C(F)F)cc2)nn(-c2cccc(F)c2)c1=O. The number of aliphatic hydroxyl groups excluding tert-OH is 1. The summed E-state index contributed by atoms with van der Waals surface area (Å²) in [4.78, 5) is 25.4. The van der Waals surface area contributed by atoms with Gasteiger partial charge in [0.2, 0.25) is 0 Å². The number of carbonyl (C=O) groups excluding carboxylic acids is 1. The van der Waals surface area contributed by atoms with Gasteiger partial charge >= 0.3 is 6.18 Å². The summed E-state index contributed by atoms with van der Waals surface area (Å²) >= 11 is 0. The fourth-order valence-electron chi connectivity index (χ4n) is 2.85. The molecule has 0 aliphatic heterocycles. The Morgan fingerprint density at radius 2 is 1.76 bits per heavy atom. The Morgan fingerprint density at radius 1 is 1.09 bits per heavy atom. The van der Waals surface area contributed by atoms with Crippen molar-refractivity contribution in [1.82, 2.24) is 15.1 Å². The number of amides is 1. The third kappa shape index (κ3) is 5.40. The van der Waals surface area contributed by atoms with E-state index in [1.54, 1.807) is 0 Å². The first-order valence-corrected chi connectivity index (χ1v) is 9.28. The zero-order valence-electron chi connectivity index (χ0n) is 16.5. The minimum atomic E-state index is -4.99. The van der Waals surface area contributed by atoms with Crippen molar-refractivity contribution in [3.8, 4) is 16.9 Å². The molecular formula is C21H15F6N3O3. The summed E-state index contributed by atoms with van der Waals surface area (Å²) in [5.41, 5.74) is -2.36. The minimum absolute atomic E-state index is 0.127. The molecule has 2 aromatic carbocycles. The van der Waals surface area contributed by atoms with Gasteiger partial charge < -0.3 is 10.4 Å². The highest BCUT2D eigenvalue weighted by molar-refractivity contribution is 5.95. The fourth-order valence-corrected chi connectivity index (χ4v) is 2.85. The van der Waals surface area contributed by atoms with Crippen LogP contribution >= 0.6 is 0 Å². The predicted molar refractivity (Wildman–Crippen MR) is 105 cm³/mol. The van der Waals surface area contributed by atoms with Gasteiger partial charge in [-0.25, -0.2) is 13.2 Å². The third-order valence-electron chi connectivity index (χ3n) is 4.55. The van der Waals surface area contributed by atoms with Crippen molar-refractivity contribution in [2.24, 2.45) is 0 Å². The molecule has 1 heterocycles. The first kappa shape index (κ1) is 24.0. The van der Waals surface area contributed by atoms with E-state index in [1.165, 1.54) is 29.6 Å². The second-order valence-corrected chi connectivity index (χ2v) is 6.81. The van der Waals surface area contributed by atoms with Crippen LogP contribution in [-0.2, 0) is 0 Å². The van der Waals surface area contributed by atoms with E-state index in [9.17, 15) is 35.9 Å². The molecule has 174 valence electrons. The lowest BCUT2D eigenvalue weighted by molar-refractivity contribution is -0.161. The smallest absolute Gasteiger partial charge is 0.394 e. The summed E-state index contributed by atoms with van der Waals surface area (Å²) in [5.74, 6) is -2.22. The molecule has 0 aliphatic carbocycles. The first-order chi connectivity index (χ1) is 15.5. The summed E-state index contributed by atoms with van der Waals surface area (Å²) in [5, 5.41) is 14.5. The van der Waals surface area contributed by atoms with Crippen LogP contribution in [0, 0.1) is 5.82 Å². The number of nitrogens with zero attached hydrogens (tertiary/aromatic N) is 2. The van der Waals surface area contributed by atoms with Crippen molar-refractivity contribution < 1.29 is 36.2 Å². The van der Waals surface area contributed by atoms with E-state index < -0.39 is 48.1 Å². The molecule has 2 N–H and O–H groups in total. The van der Waals surface area contributed by atoms with E-state index in [-0.39, 0.29) is 22.5 Å². The monoisotopic (exact) mass is 471 g/mol. The standard InChI is InChI=1S/C21H15F6N3O3/c22-13-2-1-3-14(8-13)30-20(33)15(19(32)28-17(10-31)21(25,26)27)9-16(29-30)11-4-6-12(7-5-11)18(23)24/h1-9,17-18,31H,10H2,(H,28,32). The number of nitrogens with one attached hydrogen (secondary N) is 1. The van der Waals surface area contributed by atoms with Gasteiger partial charge in [-0.05, 0) is 24.3 Å². The van der Waals surface area contributed by atoms with Crippen molar-refractivity contribution >= 4 is 5.91 Å². The molecule has 0 aliphatic rings. The average Bonchev–Trinajstić information content (AvgIpc) is 2.76. The second kappa shape index (κ2) is 9.45. The van der Waals surface area contributed by atoms with Crippen LogP contribution in [0.15, 0.2) is 59.4 Å². The van der Waals surface area contributed by atoms with Crippen LogP contribution < -0.4 is 10.9 Å². The Bertz CT molecular complexity index is 1210. The number of rotatable bonds is 6. The van der Waals surface area contributed by atoms with Crippen molar-refractivity contribution in [2.45, 2.75) is 18.6 Å². The highest BCUT2D eigenvalue weighted by Crippen LogP contribution is 2.24. The maximum atomic E-state index is 13.7. The zero-order chi connectivity index (χ0) is 24.3. The summed E-state index contributed by atoms with van der Waals surface area (Å²) in [6.45, 7) is -1.47. The van der Waals surface area contributed by atoms with Gasteiger partial charge in [0.15, 0.2) is 0 Å². The van der Waals surface area contributed by atoms with Gasteiger partial charge in [-0.3, -0.25) is 9.59 Å². The minimum Gasteiger partial charge on any atom is -0.394 e. The van der Waals surface area contributed by atoms with E-state index in [0.29, 0.717) is 4.68 Å². The fraction of sp³-hybridized carbons (Fsp3) is 0.190. The quantitative estimate of drug-likeness (QED) is 0.538. The molecule has 0 radical (unpaired) electrons. The molecule has 3 aromatic rings. The molecule has 0 spiro atoms. The summed E-state index contributed by atoms with van der Waals surface area (Å²) in [6, 6.07) is 7.33. The molecular weight excluding hydrogens is 456 g/mol. The topological polar surface area (TPSA) is 84.2 Å². The molecule has 0 saturated heterocycles. The largest absolute Gasteiger partial charge is 0.410 e. The average molecular weight is 471 g/mol. The van der Waals surface area contributed by atoms with Crippen LogP contribution in [0.5, 0.6) is 0 Å². The Labute approximate surface area is 182 Å². The molecule has 33 heavy (non-hydrogen) atoms. The lowest BCUT2D eigenvalue weighted by Gasteiger charge is -2.19. The van der Waals surface area contributed by atoms with Gasteiger partial charge in [-0.1, -0.05) is 30.3 Å². The van der Waals surface area contributed by atoms with Crippen LogP contribution in [0.4, 0.5) is 26.3 Å². The Balaban J connectivity index is 2.16. The van der Waals surface area contributed by atoms with Crippen LogP contribution in [-0.4, -0.2) is 39.6 Å². The molecule has 6 nitrogen and oxygen atoms in total. The third-order valence-corrected chi connectivity index (χ3v) is 4.55. The molecule has 0 fully saturated rings. The second-order valence-electron chi connectivity index (χ2n) is 6.81. The number of halogens is 6. The molecule has 1 aromatic heterocycles. The van der Waals surface area contributed by atoms with Gasteiger partial charge in [0.25, 0.3) is 17.9 Å². The molecule has 0 saturated carbocycles. The molecule has 1 unspecified atom stereocenters. The van der Waals surface area contributed by atoms with E-state index in [0.717, 1.165) is 30.3 Å². The lowest BCUT2D eigenvalue weighted by Crippen LogP contribution is -2.49. The molecule has 12 heteroatoms. The van der Waals surface area contributed by atoms with Gasteiger partial charge in [-0.15, -0.1) is 0 Å².